The summed E-state index contributed by atoms with van der Waals surface area (Å²) in [6.07, 6.45) is 9.12. The Morgan fingerprint density at radius 1 is 1.28 bits per heavy atom. The highest BCUT2D eigenvalue weighted by atomic mass is 16.1. The standard InChI is InChI=1S/C20H26N4O/c1-23-13-17(19-12-21-15-24(19)2)18(14-23)22-20(25)11-7-6-10-16-8-4-3-5-9-16/h3-6,8-10,12,15,17-18H,7,11,13-14H2,1-2H3,(H,22,25)/b10-6+/t17-,18-/m1/s1. The molecule has 132 valence electrons. The number of nitrogens with one attached hydrogen (secondary N) is 1. The second-order valence-corrected chi connectivity index (χ2v) is 6.78. The van der Waals surface area contributed by atoms with Gasteiger partial charge in [0.2, 0.25) is 5.91 Å². The highest BCUT2D eigenvalue weighted by Crippen LogP contribution is 2.26. The van der Waals surface area contributed by atoms with Gasteiger partial charge in [-0.3, -0.25) is 4.79 Å². The molecule has 1 aromatic carbocycles. The lowest BCUT2D eigenvalue weighted by atomic mass is 10.00. The number of aryl methyl sites for hydroxylation is 1. The molecule has 25 heavy (non-hydrogen) atoms. The summed E-state index contributed by atoms with van der Waals surface area (Å²) in [6.45, 7) is 1.82. The van der Waals surface area contributed by atoms with Gasteiger partial charge >= 0.3 is 0 Å². The van der Waals surface area contributed by atoms with Crippen molar-refractivity contribution in [2.75, 3.05) is 20.1 Å². The predicted molar refractivity (Wildman–Crippen MR) is 100 cm³/mol. The number of rotatable bonds is 6. The molecular formula is C20H26N4O. The van der Waals surface area contributed by atoms with Crippen LogP contribution < -0.4 is 5.32 Å². The molecule has 1 saturated heterocycles. The second-order valence-electron chi connectivity index (χ2n) is 6.78. The van der Waals surface area contributed by atoms with E-state index in [0.29, 0.717) is 12.3 Å². The van der Waals surface area contributed by atoms with Crippen molar-refractivity contribution in [3.05, 3.63) is 60.2 Å². The fraction of sp³-hybridized carbons (Fsp3) is 0.400. The molecule has 0 spiro atoms. The van der Waals surface area contributed by atoms with Crippen molar-refractivity contribution < 1.29 is 4.79 Å². The Hall–Kier alpha value is -2.40. The Labute approximate surface area is 149 Å². The van der Waals surface area contributed by atoms with Crippen LogP contribution in [-0.2, 0) is 11.8 Å². The lowest BCUT2D eigenvalue weighted by Crippen LogP contribution is -2.39. The van der Waals surface area contributed by atoms with E-state index in [0.717, 1.165) is 25.1 Å². The van der Waals surface area contributed by atoms with E-state index < -0.39 is 0 Å². The number of imidazole rings is 1. The second kappa shape index (κ2) is 8.12. The minimum Gasteiger partial charge on any atom is -0.351 e. The van der Waals surface area contributed by atoms with Gasteiger partial charge in [-0.1, -0.05) is 42.5 Å². The third kappa shape index (κ3) is 4.57. The van der Waals surface area contributed by atoms with E-state index in [9.17, 15) is 4.79 Å². The molecule has 0 bridgehead atoms. The van der Waals surface area contributed by atoms with E-state index in [-0.39, 0.29) is 11.9 Å². The van der Waals surface area contributed by atoms with E-state index in [4.69, 9.17) is 0 Å². The molecule has 0 radical (unpaired) electrons. The van der Waals surface area contributed by atoms with Crippen LogP contribution in [-0.4, -0.2) is 46.5 Å². The summed E-state index contributed by atoms with van der Waals surface area (Å²) in [5.41, 5.74) is 2.34. The lowest BCUT2D eigenvalue weighted by Gasteiger charge is -2.20. The van der Waals surface area contributed by atoms with Gasteiger partial charge < -0.3 is 14.8 Å². The maximum atomic E-state index is 12.3. The molecule has 0 unspecified atom stereocenters. The minimum absolute atomic E-state index is 0.116. The molecule has 5 heteroatoms. The molecule has 1 N–H and O–H groups in total. The Bertz CT molecular complexity index is 722. The monoisotopic (exact) mass is 338 g/mol. The number of carbonyl (C=O) groups is 1. The van der Waals surface area contributed by atoms with Crippen LogP contribution in [0.15, 0.2) is 48.9 Å². The van der Waals surface area contributed by atoms with Crippen LogP contribution in [0, 0.1) is 0 Å². The fourth-order valence-corrected chi connectivity index (χ4v) is 3.45. The Kier molecular flexibility index (Phi) is 5.66. The summed E-state index contributed by atoms with van der Waals surface area (Å²) < 4.78 is 2.05. The number of carbonyl (C=O) groups excluding carboxylic acids is 1. The molecule has 2 aromatic rings. The van der Waals surface area contributed by atoms with Crippen molar-refractivity contribution in [3.8, 4) is 0 Å². The van der Waals surface area contributed by atoms with Crippen molar-refractivity contribution in [2.24, 2.45) is 7.05 Å². The zero-order chi connectivity index (χ0) is 17.6. The number of aromatic nitrogens is 2. The van der Waals surface area contributed by atoms with Gasteiger partial charge in [-0.15, -0.1) is 0 Å². The first kappa shape index (κ1) is 17.4. The first-order valence-corrected chi connectivity index (χ1v) is 8.79. The van der Waals surface area contributed by atoms with Gasteiger partial charge in [0, 0.05) is 44.4 Å². The summed E-state index contributed by atoms with van der Waals surface area (Å²) in [5.74, 6) is 0.409. The zero-order valence-corrected chi connectivity index (χ0v) is 14.9. The van der Waals surface area contributed by atoms with Gasteiger partial charge in [0.05, 0.1) is 12.4 Å². The molecule has 2 atom stereocenters. The van der Waals surface area contributed by atoms with Gasteiger partial charge in [-0.05, 0) is 19.0 Å². The number of amides is 1. The molecule has 1 aliphatic heterocycles. The molecule has 0 aliphatic carbocycles. The van der Waals surface area contributed by atoms with E-state index >= 15 is 0 Å². The molecule has 1 aromatic heterocycles. The lowest BCUT2D eigenvalue weighted by molar-refractivity contribution is -0.121. The Morgan fingerprint density at radius 3 is 2.80 bits per heavy atom. The number of allylic oxidation sites excluding steroid dienone is 1. The van der Waals surface area contributed by atoms with E-state index in [1.54, 1.807) is 0 Å². The van der Waals surface area contributed by atoms with E-state index in [1.807, 2.05) is 42.3 Å². The number of likely N-dealkylation sites (tertiary alicyclic amines) is 1. The summed E-state index contributed by atoms with van der Waals surface area (Å²) in [7, 11) is 4.10. The molecule has 0 saturated carbocycles. The summed E-state index contributed by atoms with van der Waals surface area (Å²) in [5, 5.41) is 3.22. The van der Waals surface area contributed by atoms with Crippen LogP contribution >= 0.6 is 0 Å². The fourth-order valence-electron chi connectivity index (χ4n) is 3.45. The van der Waals surface area contributed by atoms with Gasteiger partial charge in [0.15, 0.2) is 0 Å². The summed E-state index contributed by atoms with van der Waals surface area (Å²) in [4.78, 5) is 18.8. The Morgan fingerprint density at radius 2 is 2.08 bits per heavy atom. The minimum atomic E-state index is 0.116. The number of hydrogen-bond donors (Lipinski definition) is 1. The number of benzene rings is 1. The van der Waals surface area contributed by atoms with Crippen LogP contribution in [0.5, 0.6) is 0 Å². The largest absolute Gasteiger partial charge is 0.351 e. The average molecular weight is 338 g/mol. The molecule has 1 amide bonds. The molecular weight excluding hydrogens is 312 g/mol. The van der Waals surface area contributed by atoms with Crippen LogP contribution in [0.1, 0.15) is 30.0 Å². The smallest absolute Gasteiger partial charge is 0.220 e. The van der Waals surface area contributed by atoms with Crippen molar-refractivity contribution in [1.82, 2.24) is 19.8 Å². The van der Waals surface area contributed by atoms with Gasteiger partial charge in [-0.25, -0.2) is 4.98 Å². The van der Waals surface area contributed by atoms with E-state index in [1.165, 1.54) is 5.69 Å². The zero-order valence-electron chi connectivity index (χ0n) is 14.9. The molecule has 1 fully saturated rings. The van der Waals surface area contributed by atoms with Crippen LogP contribution in [0.3, 0.4) is 0 Å². The predicted octanol–water partition coefficient (Wildman–Crippen LogP) is 2.43. The first-order chi connectivity index (χ1) is 12.1. The highest BCUT2D eigenvalue weighted by molar-refractivity contribution is 5.76. The van der Waals surface area contributed by atoms with Crippen molar-refractivity contribution in [2.45, 2.75) is 24.8 Å². The van der Waals surface area contributed by atoms with Crippen molar-refractivity contribution in [1.29, 1.82) is 0 Å². The van der Waals surface area contributed by atoms with Gasteiger partial charge in [-0.2, -0.15) is 0 Å². The topological polar surface area (TPSA) is 50.2 Å². The molecule has 2 heterocycles. The number of hydrogen-bond acceptors (Lipinski definition) is 3. The third-order valence-corrected chi connectivity index (χ3v) is 4.73. The quantitative estimate of drug-likeness (QED) is 0.880. The van der Waals surface area contributed by atoms with Crippen molar-refractivity contribution in [3.63, 3.8) is 0 Å². The highest BCUT2D eigenvalue weighted by Gasteiger charge is 2.34. The maximum Gasteiger partial charge on any atom is 0.220 e. The third-order valence-electron chi connectivity index (χ3n) is 4.73. The summed E-state index contributed by atoms with van der Waals surface area (Å²) >= 11 is 0. The van der Waals surface area contributed by atoms with Gasteiger partial charge in [0.25, 0.3) is 0 Å². The molecule has 1 aliphatic rings. The van der Waals surface area contributed by atoms with Crippen LogP contribution in [0.25, 0.3) is 6.08 Å². The Balaban J connectivity index is 1.51. The van der Waals surface area contributed by atoms with Gasteiger partial charge in [0.1, 0.15) is 0 Å². The molecule has 3 rings (SSSR count). The number of nitrogens with zero attached hydrogens (tertiary/aromatic N) is 3. The maximum absolute atomic E-state index is 12.3. The normalized spacial score (nSPS) is 21.0. The van der Waals surface area contributed by atoms with Crippen LogP contribution in [0.2, 0.25) is 0 Å². The first-order valence-electron chi connectivity index (χ1n) is 8.79. The van der Waals surface area contributed by atoms with Crippen molar-refractivity contribution >= 4 is 12.0 Å². The van der Waals surface area contributed by atoms with Crippen LogP contribution in [0.4, 0.5) is 0 Å². The summed E-state index contributed by atoms with van der Waals surface area (Å²) in [6, 6.07) is 10.3. The average Bonchev–Trinajstić information content (AvgIpc) is 3.17. The molecule has 5 nitrogen and oxygen atoms in total. The number of likely N-dealkylation sites (N-methyl/N-ethyl adjacent to an activating group) is 1. The van der Waals surface area contributed by atoms with E-state index in [2.05, 4.69) is 46.5 Å². The SMILES string of the molecule is CN1C[C@@H](NC(=O)CC/C=C/c2ccccc2)[C@H](c2cncn2C)C1.